The number of rotatable bonds is 1. The molecule has 1 aromatic carbocycles. The SMILES string of the molecule is C=Cc1cc(F)c(F)cc1Cl. The molecule has 0 atom stereocenters. The molecule has 1 aromatic rings. The lowest BCUT2D eigenvalue weighted by Gasteiger charge is -1.98. The molecule has 0 saturated heterocycles. The van der Waals surface area contributed by atoms with Gasteiger partial charge >= 0.3 is 0 Å². The Bertz CT molecular complexity index is 294. The van der Waals surface area contributed by atoms with Gasteiger partial charge in [0.25, 0.3) is 0 Å². The van der Waals surface area contributed by atoms with Crippen LogP contribution in [0.4, 0.5) is 8.78 Å². The molecule has 0 aliphatic heterocycles. The third-order valence-corrected chi connectivity index (χ3v) is 1.59. The van der Waals surface area contributed by atoms with Gasteiger partial charge in [-0.05, 0) is 17.7 Å². The van der Waals surface area contributed by atoms with E-state index in [-0.39, 0.29) is 5.02 Å². The van der Waals surface area contributed by atoms with Gasteiger partial charge in [0.05, 0.1) is 5.02 Å². The summed E-state index contributed by atoms with van der Waals surface area (Å²) in [5.74, 6) is -1.86. The number of halogens is 3. The Balaban J connectivity index is 3.31. The molecule has 58 valence electrons. The average Bonchev–Trinajstić information content (AvgIpc) is 1.97. The highest BCUT2D eigenvalue weighted by Crippen LogP contribution is 2.20. The van der Waals surface area contributed by atoms with Crippen LogP contribution in [0.15, 0.2) is 18.7 Å². The Labute approximate surface area is 68.1 Å². The van der Waals surface area contributed by atoms with Crippen LogP contribution < -0.4 is 0 Å². The third-order valence-electron chi connectivity index (χ3n) is 1.26. The first-order valence-electron chi connectivity index (χ1n) is 2.92. The van der Waals surface area contributed by atoms with E-state index >= 15 is 0 Å². The molecule has 0 saturated carbocycles. The smallest absolute Gasteiger partial charge is 0.160 e. The predicted molar refractivity (Wildman–Crippen MR) is 41.5 cm³/mol. The molecule has 0 bridgehead atoms. The van der Waals surface area contributed by atoms with Crippen molar-refractivity contribution in [2.45, 2.75) is 0 Å². The summed E-state index contributed by atoms with van der Waals surface area (Å²) < 4.78 is 24.9. The fourth-order valence-electron chi connectivity index (χ4n) is 0.694. The van der Waals surface area contributed by atoms with Gasteiger partial charge in [0.1, 0.15) is 0 Å². The van der Waals surface area contributed by atoms with Crippen LogP contribution >= 0.6 is 11.6 Å². The standard InChI is InChI=1S/C8H5ClF2/c1-2-5-3-7(10)8(11)4-6(5)9/h2-4H,1H2. The van der Waals surface area contributed by atoms with E-state index in [0.717, 1.165) is 12.1 Å². The highest BCUT2D eigenvalue weighted by atomic mass is 35.5. The normalized spacial score (nSPS) is 9.73. The molecule has 0 fully saturated rings. The van der Waals surface area contributed by atoms with E-state index in [1.165, 1.54) is 6.08 Å². The van der Waals surface area contributed by atoms with Crippen molar-refractivity contribution in [1.29, 1.82) is 0 Å². The van der Waals surface area contributed by atoms with Crippen LogP contribution in [0.25, 0.3) is 6.08 Å². The van der Waals surface area contributed by atoms with Crippen molar-refractivity contribution in [2.75, 3.05) is 0 Å². The molecule has 0 radical (unpaired) electrons. The molecular weight excluding hydrogens is 170 g/mol. The molecule has 0 aliphatic rings. The summed E-state index contributed by atoms with van der Waals surface area (Å²) in [5, 5.41) is 0.166. The summed E-state index contributed by atoms with van der Waals surface area (Å²) in [5.41, 5.74) is 0.394. The zero-order valence-corrected chi connectivity index (χ0v) is 6.33. The topological polar surface area (TPSA) is 0 Å². The van der Waals surface area contributed by atoms with E-state index in [1.807, 2.05) is 0 Å². The Hall–Kier alpha value is -0.890. The van der Waals surface area contributed by atoms with Crippen molar-refractivity contribution in [3.8, 4) is 0 Å². The second-order valence-corrected chi connectivity index (χ2v) is 2.40. The zero-order valence-electron chi connectivity index (χ0n) is 5.57. The van der Waals surface area contributed by atoms with Crippen LogP contribution in [-0.2, 0) is 0 Å². The summed E-state index contributed by atoms with van der Waals surface area (Å²) in [6, 6.07) is 1.93. The van der Waals surface area contributed by atoms with Gasteiger partial charge in [-0.3, -0.25) is 0 Å². The maximum atomic E-state index is 12.5. The van der Waals surface area contributed by atoms with Gasteiger partial charge in [-0.15, -0.1) is 0 Å². The Kier molecular flexibility index (Phi) is 2.25. The highest BCUT2D eigenvalue weighted by molar-refractivity contribution is 6.32. The Morgan fingerprint density at radius 1 is 1.27 bits per heavy atom. The minimum absolute atomic E-state index is 0.166. The van der Waals surface area contributed by atoms with E-state index in [2.05, 4.69) is 6.58 Å². The summed E-state index contributed by atoms with van der Waals surface area (Å²) in [6.07, 6.45) is 1.37. The zero-order chi connectivity index (χ0) is 8.43. The molecule has 0 heterocycles. The molecule has 0 amide bonds. The lowest BCUT2D eigenvalue weighted by atomic mass is 10.2. The molecule has 3 heteroatoms. The van der Waals surface area contributed by atoms with Gasteiger partial charge < -0.3 is 0 Å². The summed E-state index contributed by atoms with van der Waals surface area (Å²) in [4.78, 5) is 0. The largest absolute Gasteiger partial charge is 0.204 e. The fraction of sp³-hybridized carbons (Fsp3) is 0. The Morgan fingerprint density at radius 3 is 2.36 bits per heavy atom. The maximum Gasteiger partial charge on any atom is 0.160 e. The quantitative estimate of drug-likeness (QED) is 0.574. The van der Waals surface area contributed by atoms with Crippen LogP contribution in [0.2, 0.25) is 5.02 Å². The molecule has 1 rings (SSSR count). The number of benzene rings is 1. The van der Waals surface area contributed by atoms with Crippen molar-refractivity contribution in [3.05, 3.63) is 40.9 Å². The second kappa shape index (κ2) is 3.01. The molecule has 0 aromatic heterocycles. The molecule has 0 spiro atoms. The molecule has 0 N–H and O–H groups in total. The van der Waals surface area contributed by atoms with Gasteiger partial charge in [-0.1, -0.05) is 24.3 Å². The minimum Gasteiger partial charge on any atom is -0.204 e. The molecular formula is C8H5ClF2. The highest BCUT2D eigenvalue weighted by Gasteiger charge is 2.04. The van der Waals surface area contributed by atoms with Crippen LogP contribution in [0.3, 0.4) is 0 Å². The second-order valence-electron chi connectivity index (χ2n) is 1.99. The van der Waals surface area contributed by atoms with Gasteiger partial charge in [-0.2, -0.15) is 0 Å². The van der Waals surface area contributed by atoms with E-state index < -0.39 is 11.6 Å². The third kappa shape index (κ3) is 1.57. The first-order valence-corrected chi connectivity index (χ1v) is 3.30. The number of hydrogen-bond donors (Lipinski definition) is 0. The van der Waals surface area contributed by atoms with Crippen molar-refractivity contribution in [3.63, 3.8) is 0 Å². The van der Waals surface area contributed by atoms with Crippen LogP contribution in [0.5, 0.6) is 0 Å². The molecule has 0 nitrogen and oxygen atoms in total. The first kappa shape index (κ1) is 8.21. The summed E-state index contributed by atoms with van der Waals surface area (Å²) >= 11 is 5.52. The van der Waals surface area contributed by atoms with Gasteiger partial charge in [0.15, 0.2) is 11.6 Å². The van der Waals surface area contributed by atoms with Crippen molar-refractivity contribution >= 4 is 17.7 Å². The summed E-state index contributed by atoms with van der Waals surface area (Å²) in [6.45, 7) is 3.39. The molecule has 11 heavy (non-hydrogen) atoms. The fourth-order valence-corrected chi connectivity index (χ4v) is 0.922. The molecule has 0 aliphatic carbocycles. The van der Waals surface area contributed by atoms with Crippen LogP contribution in [-0.4, -0.2) is 0 Å². The van der Waals surface area contributed by atoms with Gasteiger partial charge in [0, 0.05) is 0 Å². The first-order chi connectivity index (χ1) is 5.15. The van der Waals surface area contributed by atoms with Gasteiger partial charge in [0.2, 0.25) is 0 Å². The average molecular weight is 175 g/mol. The monoisotopic (exact) mass is 174 g/mol. The molecule has 0 unspecified atom stereocenters. The lowest BCUT2D eigenvalue weighted by molar-refractivity contribution is 0.508. The van der Waals surface area contributed by atoms with Crippen LogP contribution in [0.1, 0.15) is 5.56 Å². The van der Waals surface area contributed by atoms with E-state index in [0.29, 0.717) is 5.56 Å². The number of hydrogen-bond acceptors (Lipinski definition) is 0. The van der Waals surface area contributed by atoms with Crippen molar-refractivity contribution < 1.29 is 8.78 Å². The van der Waals surface area contributed by atoms with Crippen LogP contribution in [0, 0.1) is 11.6 Å². The van der Waals surface area contributed by atoms with Crippen molar-refractivity contribution in [2.24, 2.45) is 0 Å². The van der Waals surface area contributed by atoms with Crippen molar-refractivity contribution in [1.82, 2.24) is 0 Å². The Morgan fingerprint density at radius 2 is 1.82 bits per heavy atom. The van der Waals surface area contributed by atoms with Gasteiger partial charge in [-0.25, -0.2) is 8.78 Å². The maximum absolute atomic E-state index is 12.5. The predicted octanol–water partition coefficient (Wildman–Crippen LogP) is 3.26. The lowest BCUT2D eigenvalue weighted by Crippen LogP contribution is -1.85. The minimum atomic E-state index is -0.944. The van der Waals surface area contributed by atoms with E-state index in [4.69, 9.17) is 11.6 Å². The van der Waals surface area contributed by atoms with E-state index in [9.17, 15) is 8.78 Å². The van der Waals surface area contributed by atoms with E-state index in [1.54, 1.807) is 0 Å². The summed E-state index contributed by atoms with van der Waals surface area (Å²) in [7, 11) is 0.